The lowest BCUT2D eigenvalue weighted by Crippen LogP contribution is -1.96. The quantitative estimate of drug-likeness (QED) is 0.493. The van der Waals surface area contributed by atoms with Crippen LogP contribution in [0, 0.1) is 18.8 Å². The Labute approximate surface area is 147 Å². The lowest BCUT2D eigenvalue weighted by atomic mass is 10.2. The Bertz CT molecular complexity index is 786. The molecule has 0 amide bonds. The molecule has 0 saturated heterocycles. The van der Waals surface area contributed by atoms with Gasteiger partial charge in [-0.05, 0) is 49.7 Å². The molecule has 24 heavy (non-hydrogen) atoms. The van der Waals surface area contributed by atoms with Crippen LogP contribution in [-0.2, 0) is 10.1 Å². The molecule has 0 aliphatic heterocycles. The molecule has 0 fully saturated rings. The number of aliphatic hydroxyl groups excluding tert-OH is 1. The molecule has 0 aliphatic carbocycles. The van der Waals surface area contributed by atoms with E-state index in [0.717, 1.165) is 29.0 Å². The topological polar surface area (TPSA) is 74.6 Å². The van der Waals surface area contributed by atoms with Gasteiger partial charge >= 0.3 is 0 Å². The lowest BCUT2D eigenvalue weighted by Gasteiger charge is -1.95. The fourth-order valence-corrected chi connectivity index (χ4v) is 2.18. The van der Waals surface area contributed by atoms with Crippen molar-refractivity contribution in [3.63, 3.8) is 0 Å². The summed E-state index contributed by atoms with van der Waals surface area (Å²) in [6.45, 7) is 2.04. The molecule has 6 heteroatoms. The van der Waals surface area contributed by atoms with Gasteiger partial charge in [-0.1, -0.05) is 41.1 Å². The van der Waals surface area contributed by atoms with Crippen LogP contribution in [0.2, 0.25) is 5.02 Å². The van der Waals surface area contributed by atoms with Gasteiger partial charge in [0.2, 0.25) is 0 Å². The van der Waals surface area contributed by atoms with Crippen molar-refractivity contribution in [1.82, 2.24) is 0 Å². The minimum absolute atomic E-state index is 0.0666. The summed E-state index contributed by atoms with van der Waals surface area (Å²) in [5.41, 5.74) is 1.92. The first kappa shape index (κ1) is 20.2. The van der Waals surface area contributed by atoms with Crippen LogP contribution in [0.1, 0.15) is 24.0 Å². The van der Waals surface area contributed by atoms with Gasteiger partial charge in [0, 0.05) is 23.6 Å². The molecule has 128 valence electrons. The third kappa shape index (κ3) is 8.14. The molecule has 0 heterocycles. The Balaban J connectivity index is 0.000000243. The van der Waals surface area contributed by atoms with Crippen LogP contribution in [0.5, 0.6) is 0 Å². The number of hydrogen-bond donors (Lipinski definition) is 2. The van der Waals surface area contributed by atoms with E-state index < -0.39 is 10.1 Å². The van der Waals surface area contributed by atoms with E-state index in [-0.39, 0.29) is 11.5 Å². The summed E-state index contributed by atoms with van der Waals surface area (Å²) in [4.78, 5) is -0.0666. The second-order valence-electron chi connectivity index (χ2n) is 4.92. The minimum atomic E-state index is -4.02. The molecular formula is C18H19ClO4S. The van der Waals surface area contributed by atoms with Crippen molar-refractivity contribution in [2.75, 3.05) is 6.61 Å². The molecule has 0 atom stereocenters. The first-order valence-electron chi connectivity index (χ1n) is 7.22. The monoisotopic (exact) mass is 366 g/mol. The highest BCUT2D eigenvalue weighted by molar-refractivity contribution is 7.85. The first-order chi connectivity index (χ1) is 11.3. The van der Waals surface area contributed by atoms with E-state index in [2.05, 4.69) is 11.8 Å². The smallest absolute Gasteiger partial charge is 0.294 e. The average molecular weight is 367 g/mol. The number of benzene rings is 2. The van der Waals surface area contributed by atoms with Crippen LogP contribution in [0.4, 0.5) is 0 Å². The van der Waals surface area contributed by atoms with Crippen molar-refractivity contribution < 1.29 is 18.1 Å². The molecule has 4 nitrogen and oxygen atoms in total. The maximum Gasteiger partial charge on any atom is 0.294 e. The summed E-state index contributed by atoms with van der Waals surface area (Å²) in [7, 11) is -4.02. The maximum absolute atomic E-state index is 10.5. The van der Waals surface area contributed by atoms with Gasteiger partial charge in [-0.15, -0.1) is 0 Å². The normalized spacial score (nSPS) is 10.2. The van der Waals surface area contributed by atoms with Crippen LogP contribution in [0.15, 0.2) is 53.4 Å². The molecule has 2 rings (SSSR count). The molecule has 0 aromatic heterocycles. The number of aryl methyl sites for hydroxylation is 1. The zero-order valence-electron chi connectivity index (χ0n) is 13.2. The van der Waals surface area contributed by atoms with Crippen molar-refractivity contribution in [3.05, 3.63) is 64.7 Å². The second kappa shape index (κ2) is 10.1. The summed E-state index contributed by atoms with van der Waals surface area (Å²) >= 11 is 5.71. The number of halogens is 1. The van der Waals surface area contributed by atoms with Gasteiger partial charge in [-0.2, -0.15) is 8.42 Å². The van der Waals surface area contributed by atoms with Gasteiger partial charge in [0.25, 0.3) is 10.1 Å². The highest BCUT2D eigenvalue weighted by atomic mass is 35.5. The van der Waals surface area contributed by atoms with Crippen molar-refractivity contribution in [2.45, 2.75) is 24.7 Å². The van der Waals surface area contributed by atoms with Crippen LogP contribution in [-0.4, -0.2) is 24.7 Å². The van der Waals surface area contributed by atoms with Crippen molar-refractivity contribution in [1.29, 1.82) is 0 Å². The Morgan fingerprint density at radius 3 is 2.12 bits per heavy atom. The molecule has 0 saturated carbocycles. The van der Waals surface area contributed by atoms with Crippen molar-refractivity contribution in [3.8, 4) is 11.8 Å². The van der Waals surface area contributed by atoms with Gasteiger partial charge in [-0.3, -0.25) is 4.55 Å². The van der Waals surface area contributed by atoms with Crippen LogP contribution in [0.3, 0.4) is 0 Å². The van der Waals surface area contributed by atoms with E-state index in [4.69, 9.17) is 21.3 Å². The summed E-state index contributed by atoms with van der Waals surface area (Å²) in [6.07, 6.45) is 1.47. The van der Waals surface area contributed by atoms with Gasteiger partial charge < -0.3 is 5.11 Å². The number of hydrogen-bond acceptors (Lipinski definition) is 3. The van der Waals surface area contributed by atoms with Crippen LogP contribution < -0.4 is 0 Å². The largest absolute Gasteiger partial charge is 0.396 e. The zero-order valence-corrected chi connectivity index (χ0v) is 14.8. The SMILES string of the molecule is Cc1ccc(S(=O)(=O)O)cc1.OCCCC#Cc1ccc(Cl)cc1. The number of rotatable bonds is 3. The highest BCUT2D eigenvalue weighted by Crippen LogP contribution is 2.09. The fourth-order valence-electron chi connectivity index (χ4n) is 1.58. The van der Waals surface area contributed by atoms with Gasteiger partial charge in [-0.25, -0.2) is 0 Å². The van der Waals surface area contributed by atoms with Gasteiger partial charge in [0.1, 0.15) is 0 Å². The molecule has 2 aromatic rings. The molecule has 0 aliphatic rings. The Hall–Kier alpha value is -1.84. The molecule has 2 N–H and O–H groups in total. The van der Waals surface area contributed by atoms with E-state index in [1.807, 2.05) is 31.2 Å². The molecule has 0 radical (unpaired) electrons. The molecule has 0 bridgehead atoms. The van der Waals surface area contributed by atoms with Gasteiger partial charge in [0.15, 0.2) is 0 Å². The Kier molecular flexibility index (Phi) is 8.51. The van der Waals surface area contributed by atoms with E-state index in [1.165, 1.54) is 12.1 Å². The molecular weight excluding hydrogens is 348 g/mol. The summed E-state index contributed by atoms with van der Waals surface area (Å²) < 4.78 is 29.6. The zero-order chi connectivity index (χ0) is 18.0. The Morgan fingerprint density at radius 1 is 1.04 bits per heavy atom. The molecule has 2 aromatic carbocycles. The summed E-state index contributed by atoms with van der Waals surface area (Å²) in [5.74, 6) is 5.96. The minimum Gasteiger partial charge on any atom is -0.396 e. The van der Waals surface area contributed by atoms with E-state index >= 15 is 0 Å². The van der Waals surface area contributed by atoms with Crippen molar-refractivity contribution >= 4 is 21.7 Å². The predicted octanol–water partition coefficient (Wildman–Crippen LogP) is 3.71. The van der Waals surface area contributed by atoms with Crippen LogP contribution in [0.25, 0.3) is 0 Å². The maximum atomic E-state index is 10.5. The summed E-state index contributed by atoms with van der Waals surface area (Å²) in [5, 5.41) is 9.24. The van der Waals surface area contributed by atoms with E-state index in [0.29, 0.717) is 0 Å². The van der Waals surface area contributed by atoms with E-state index in [9.17, 15) is 8.42 Å². The first-order valence-corrected chi connectivity index (χ1v) is 9.04. The average Bonchev–Trinajstić information content (AvgIpc) is 2.53. The highest BCUT2D eigenvalue weighted by Gasteiger charge is 2.06. The van der Waals surface area contributed by atoms with Gasteiger partial charge in [0.05, 0.1) is 4.90 Å². The number of unbranched alkanes of at least 4 members (excludes halogenated alkanes) is 1. The third-order valence-electron chi connectivity index (χ3n) is 2.86. The number of aliphatic hydroxyl groups is 1. The fraction of sp³-hybridized carbons (Fsp3) is 0.222. The van der Waals surface area contributed by atoms with Crippen LogP contribution >= 0.6 is 11.6 Å². The standard InChI is InChI=1S/C11H11ClO.C7H8O3S/c12-11-7-5-10(6-8-11)4-2-1-3-9-13;1-6-2-4-7(5-3-6)11(8,9)10/h5-8,13H,1,3,9H2;2-5H,1H3,(H,8,9,10). The summed E-state index contributed by atoms with van der Waals surface area (Å²) in [6, 6.07) is 13.4. The second-order valence-corrected chi connectivity index (χ2v) is 6.78. The Morgan fingerprint density at radius 2 is 1.62 bits per heavy atom. The van der Waals surface area contributed by atoms with Crippen molar-refractivity contribution in [2.24, 2.45) is 0 Å². The predicted molar refractivity (Wildman–Crippen MR) is 95.6 cm³/mol. The molecule has 0 spiro atoms. The third-order valence-corrected chi connectivity index (χ3v) is 3.98. The lowest BCUT2D eigenvalue weighted by molar-refractivity contribution is 0.290. The van der Waals surface area contributed by atoms with E-state index in [1.54, 1.807) is 12.1 Å². The molecule has 0 unspecified atom stereocenters.